The van der Waals surface area contributed by atoms with Crippen LogP contribution in [0.2, 0.25) is 0 Å². The number of nitrogens with one attached hydrogen (secondary N) is 2. The molecule has 3 aromatic rings. The lowest BCUT2D eigenvalue weighted by Crippen LogP contribution is -2.36. The summed E-state index contributed by atoms with van der Waals surface area (Å²) in [4.78, 5) is 38.6. The Morgan fingerprint density at radius 3 is 2.69 bits per heavy atom. The normalized spacial score (nSPS) is 21.3. The van der Waals surface area contributed by atoms with Crippen LogP contribution >= 0.6 is 6.64 Å². The van der Waals surface area contributed by atoms with E-state index in [1.165, 1.54) is 16.8 Å². The molecule has 2 aromatic carbocycles. The van der Waals surface area contributed by atoms with Crippen molar-refractivity contribution in [2.75, 3.05) is 6.61 Å². The molecule has 1 aliphatic rings. The largest absolute Gasteiger partial charge is 0.462 e. The number of fused-ring (bicyclic) bond motifs is 1. The molecular formula is C27H30N3O7PS. The maximum absolute atomic E-state index is 12.6. The highest BCUT2D eigenvalue weighted by Gasteiger charge is 2.38. The maximum atomic E-state index is 12.6. The highest BCUT2D eigenvalue weighted by molar-refractivity contribution is 8.09. The predicted molar refractivity (Wildman–Crippen MR) is 151 cm³/mol. The lowest BCUT2D eigenvalue weighted by Gasteiger charge is -2.28. The molecule has 2 unspecified atom stereocenters. The average Bonchev–Trinajstić information content (AvgIpc) is 3.30. The van der Waals surface area contributed by atoms with Crippen molar-refractivity contribution in [2.45, 2.75) is 51.7 Å². The van der Waals surface area contributed by atoms with E-state index in [-0.39, 0.29) is 12.7 Å². The molecule has 4 rings (SSSR count). The van der Waals surface area contributed by atoms with Gasteiger partial charge in [0, 0.05) is 17.6 Å². The third-order valence-electron chi connectivity index (χ3n) is 5.99. The molecule has 0 spiro atoms. The molecule has 1 aliphatic heterocycles. The van der Waals surface area contributed by atoms with E-state index in [1.54, 1.807) is 26.8 Å². The number of rotatable bonds is 10. The quantitative estimate of drug-likeness (QED) is 0.214. The van der Waals surface area contributed by atoms with E-state index in [1.807, 2.05) is 36.4 Å². The number of carbonyl (C=O) groups is 1. The number of hydrogen-bond acceptors (Lipinski definition) is 8. The van der Waals surface area contributed by atoms with Crippen LogP contribution in [0.3, 0.4) is 0 Å². The third-order valence-corrected chi connectivity index (χ3v) is 8.47. The van der Waals surface area contributed by atoms with Crippen LogP contribution in [-0.2, 0) is 30.6 Å². The Kier molecular flexibility index (Phi) is 9.05. The minimum atomic E-state index is -3.35. The Balaban J connectivity index is 1.56. The topological polar surface area (TPSA) is 121 Å². The van der Waals surface area contributed by atoms with E-state index in [4.69, 9.17) is 36.8 Å². The number of aromatic nitrogens is 2. The van der Waals surface area contributed by atoms with Crippen molar-refractivity contribution in [1.29, 1.82) is 0 Å². The molecule has 12 heteroatoms. The molecule has 5 atom stereocenters. The average molecular weight is 572 g/mol. The summed E-state index contributed by atoms with van der Waals surface area (Å²) in [6.07, 6.45) is 5.81. The summed E-state index contributed by atoms with van der Waals surface area (Å²) in [5.41, 5.74) is -1.15. The van der Waals surface area contributed by atoms with E-state index >= 15 is 0 Å². The van der Waals surface area contributed by atoms with Gasteiger partial charge >= 0.3 is 18.3 Å². The zero-order valence-electron chi connectivity index (χ0n) is 21.7. The second-order valence-corrected chi connectivity index (χ2v) is 12.5. The first kappa shape index (κ1) is 28.7. The van der Waals surface area contributed by atoms with Crippen molar-refractivity contribution in [3.63, 3.8) is 0 Å². The van der Waals surface area contributed by atoms with Gasteiger partial charge in [-0.1, -0.05) is 42.3 Å². The second kappa shape index (κ2) is 12.3. The van der Waals surface area contributed by atoms with Crippen LogP contribution < -0.4 is 20.9 Å². The van der Waals surface area contributed by atoms with Crippen molar-refractivity contribution in [3.8, 4) is 18.1 Å². The molecule has 0 bridgehead atoms. The molecule has 1 fully saturated rings. The SMILES string of the molecule is C#CC1C[C@@H](COP(=S)(N[C@@H](C)C(=O)OC(C)C)Oc2cccc3ccccc23)O[C@H]1n1ccc(=O)[nH]c1=O. The van der Waals surface area contributed by atoms with Crippen LogP contribution in [0.5, 0.6) is 5.75 Å². The Bertz CT molecular complexity index is 1540. The highest BCUT2D eigenvalue weighted by atomic mass is 32.5. The van der Waals surface area contributed by atoms with Gasteiger partial charge in [0.2, 0.25) is 0 Å². The van der Waals surface area contributed by atoms with Crippen molar-refractivity contribution < 1.29 is 23.3 Å². The number of esters is 1. The smallest absolute Gasteiger partial charge is 0.330 e. The molecule has 2 N–H and O–H groups in total. The third kappa shape index (κ3) is 7.04. The number of nitrogens with zero attached hydrogens (tertiary/aromatic N) is 1. The van der Waals surface area contributed by atoms with Gasteiger partial charge in [-0.2, -0.15) is 0 Å². The highest BCUT2D eigenvalue weighted by Crippen LogP contribution is 2.48. The van der Waals surface area contributed by atoms with E-state index in [0.29, 0.717) is 12.2 Å². The summed E-state index contributed by atoms with van der Waals surface area (Å²) in [6, 6.07) is 13.7. The Hall–Kier alpha value is -3.26. The molecule has 206 valence electrons. The van der Waals surface area contributed by atoms with Crippen LogP contribution in [0.4, 0.5) is 0 Å². The van der Waals surface area contributed by atoms with Gasteiger partial charge < -0.3 is 18.5 Å². The minimum absolute atomic E-state index is 0.0201. The standard InChI is InChI=1S/C27H30N3O7PS/c1-5-19-15-21(36-25(19)30-14-13-24(31)28-27(30)33)16-34-38(39,29-18(4)26(32)35-17(2)3)37-23-12-8-10-20-9-6-7-11-22(20)23/h1,6-14,17-19,21,25H,15-16H2,2-4H3,(H,29,39)(H,28,31,33)/t18-,19?,21-,25+,38?/m0/s1. The zero-order chi connectivity index (χ0) is 28.2. The summed E-state index contributed by atoms with van der Waals surface area (Å²) in [7, 11) is 0. The van der Waals surface area contributed by atoms with E-state index in [2.05, 4.69) is 16.0 Å². The fraction of sp³-hybridized carbons (Fsp3) is 0.370. The molecule has 1 aromatic heterocycles. The Morgan fingerprint density at radius 2 is 1.97 bits per heavy atom. The van der Waals surface area contributed by atoms with Gasteiger partial charge in [0.25, 0.3) is 5.56 Å². The zero-order valence-corrected chi connectivity index (χ0v) is 23.4. The van der Waals surface area contributed by atoms with Gasteiger partial charge in [0.05, 0.1) is 24.7 Å². The molecule has 1 saturated heterocycles. The summed E-state index contributed by atoms with van der Waals surface area (Å²) in [5, 5.41) is 4.82. The van der Waals surface area contributed by atoms with Crippen molar-refractivity contribution in [3.05, 3.63) is 75.6 Å². The van der Waals surface area contributed by atoms with Gasteiger partial charge in [-0.05, 0) is 50.5 Å². The first-order valence-electron chi connectivity index (χ1n) is 12.4. The molecule has 10 nitrogen and oxygen atoms in total. The first-order chi connectivity index (χ1) is 18.6. The van der Waals surface area contributed by atoms with Crippen LogP contribution in [0.25, 0.3) is 10.8 Å². The fourth-order valence-corrected chi connectivity index (χ4v) is 6.63. The minimum Gasteiger partial charge on any atom is -0.462 e. The molecule has 0 amide bonds. The van der Waals surface area contributed by atoms with E-state index in [0.717, 1.165) is 10.8 Å². The van der Waals surface area contributed by atoms with Gasteiger partial charge in [0.1, 0.15) is 11.8 Å². The predicted octanol–water partition coefficient (Wildman–Crippen LogP) is 3.48. The lowest BCUT2D eigenvalue weighted by molar-refractivity contribution is -0.149. The Labute approximate surface area is 230 Å². The first-order valence-corrected chi connectivity index (χ1v) is 15.1. The number of H-pyrrole nitrogens is 1. The van der Waals surface area contributed by atoms with Crippen LogP contribution in [0, 0.1) is 18.3 Å². The van der Waals surface area contributed by atoms with Crippen molar-refractivity contribution in [2.24, 2.45) is 5.92 Å². The summed E-state index contributed by atoms with van der Waals surface area (Å²) in [5.74, 6) is 2.20. The van der Waals surface area contributed by atoms with Crippen molar-refractivity contribution in [1.82, 2.24) is 14.6 Å². The summed E-state index contributed by atoms with van der Waals surface area (Å²) < 4.78 is 25.1. The monoisotopic (exact) mass is 571 g/mol. The lowest BCUT2D eigenvalue weighted by atomic mass is 10.0. The van der Waals surface area contributed by atoms with Crippen LogP contribution in [-0.4, -0.2) is 40.4 Å². The number of terminal acetylenes is 1. The Morgan fingerprint density at radius 1 is 1.23 bits per heavy atom. The molecule has 0 aliphatic carbocycles. The van der Waals surface area contributed by atoms with E-state index < -0.39 is 48.2 Å². The summed E-state index contributed by atoms with van der Waals surface area (Å²) in [6.45, 7) is 1.77. The molecule has 0 saturated carbocycles. The van der Waals surface area contributed by atoms with Crippen molar-refractivity contribution >= 4 is 35.2 Å². The maximum Gasteiger partial charge on any atom is 0.330 e. The van der Waals surface area contributed by atoms with Gasteiger partial charge in [-0.25, -0.2) is 9.88 Å². The number of carbonyl (C=O) groups excluding carboxylic acids is 1. The molecule has 2 heterocycles. The van der Waals surface area contributed by atoms with Gasteiger partial charge in [0.15, 0.2) is 6.23 Å². The van der Waals surface area contributed by atoms with Crippen LogP contribution in [0.1, 0.15) is 33.4 Å². The van der Waals surface area contributed by atoms with E-state index in [9.17, 15) is 14.4 Å². The second-order valence-electron chi connectivity index (χ2n) is 9.37. The molecule has 39 heavy (non-hydrogen) atoms. The molecule has 0 radical (unpaired) electrons. The number of aromatic amines is 1. The number of ether oxygens (including phenoxy) is 2. The fourth-order valence-electron chi connectivity index (χ4n) is 4.19. The number of hydrogen-bond donors (Lipinski definition) is 2. The van der Waals surface area contributed by atoms with Gasteiger partial charge in [-0.15, -0.1) is 6.42 Å². The van der Waals surface area contributed by atoms with Crippen LogP contribution in [0.15, 0.2) is 64.3 Å². The van der Waals surface area contributed by atoms with Gasteiger partial charge in [-0.3, -0.25) is 19.1 Å². The molecular weight excluding hydrogens is 541 g/mol. The summed E-state index contributed by atoms with van der Waals surface area (Å²) >= 11 is 5.86. The number of benzene rings is 2.